The molecule has 4 aliphatic rings. The van der Waals surface area contributed by atoms with E-state index in [1.54, 1.807) is 7.11 Å². The van der Waals surface area contributed by atoms with Crippen molar-refractivity contribution in [2.45, 2.75) is 31.8 Å². The third kappa shape index (κ3) is 5.15. The van der Waals surface area contributed by atoms with E-state index in [9.17, 15) is 0 Å². The van der Waals surface area contributed by atoms with Crippen molar-refractivity contribution in [3.63, 3.8) is 0 Å². The van der Waals surface area contributed by atoms with E-state index in [0.717, 1.165) is 31.4 Å². The highest BCUT2D eigenvalue weighted by atomic mass is 32.4. The molecular formula is C35H32NOPS. The molecule has 1 atom stereocenters. The molecule has 2 nitrogen and oxygen atoms in total. The summed E-state index contributed by atoms with van der Waals surface area (Å²) in [4.78, 5) is 4.62. The van der Waals surface area contributed by atoms with Crippen molar-refractivity contribution in [3.05, 3.63) is 155 Å². The van der Waals surface area contributed by atoms with Crippen molar-refractivity contribution in [1.29, 1.82) is 0 Å². The number of ether oxygens (including phenoxy) is 1. The molecule has 194 valence electrons. The fourth-order valence-corrected chi connectivity index (χ4v) is 9.96. The van der Waals surface area contributed by atoms with Gasteiger partial charge in [-0.15, -0.1) is 0 Å². The summed E-state index contributed by atoms with van der Waals surface area (Å²) in [6, 6.07) is 39.4. The lowest BCUT2D eigenvalue weighted by atomic mass is 9.90. The molecule has 0 aliphatic heterocycles. The Morgan fingerprint density at radius 1 is 0.667 bits per heavy atom. The number of hydrogen-bond acceptors (Lipinski definition) is 3. The molecule has 4 aliphatic carbocycles. The van der Waals surface area contributed by atoms with Crippen molar-refractivity contribution in [2.75, 3.05) is 7.11 Å². The molecule has 0 saturated carbocycles. The zero-order chi connectivity index (χ0) is 26.7. The number of pyridine rings is 1. The molecule has 0 unspecified atom stereocenters. The largest absolute Gasteiger partial charge is 0.370 e. The maximum Gasteiger partial charge on any atom is 0.124 e. The van der Waals surface area contributed by atoms with Crippen molar-refractivity contribution < 1.29 is 4.74 Å². The number of nitrogens with zero attached hydrogens (tertiary/aromatic N) is 1. The molecule has 39 heavy (non-hydrogen) atoms. The molecule has 5 aromatic rings. The predicted molar refractivity (Wildman–Crippen MR) is 167 cm³/mol. The second-order valence-electron chi connectivity index (χ2n) is 10.1. The summed E-state index contributed by atoms with van der Waals surface area (Å²) in [6.07, 6.45) is 5.42. The second-order valence-corrected chi connectivity index (χ2v) is 14.5. The van der Waals surface area contributed by atoms with E-state index in [1.807, 2.05) is 18.3 Å². The smallest absolute Gasteiger partial charge is 0.124 e. The summed E-state index contributed by atoms with van der Waals surface area (Å²) < 4.78 is 6.03. The Labute approximate surface area is 236 Å². The molecule has 0 amide bonds. The highest BCUT2D eigenvalue weighted by molar-refractivity contribution is 8.25. The van der Waals surface area contributed by atoms with E-state index in [1.165, 1.54) is 43.7 Å². The van der Waals surface area contributed by atoms with Crippen LogP contribution in [0.4, 0.5) is 0 Å². The summed E-state index contributed by atoms with van der Waals surface area (Å²) in [7, 11) is 1.78. The van der Waals surface area contributed by atoms with Crippen molar-refractivity contribution in [3.8, 4) is 0 Å². The Hall–Kier alpha value is -3.36. The maximum atomic E-state index is 6.76. The van der Waals surface area contributed by atoms with Crippen LogP contribution in [0.2, 0.25) is 0 Å². The SMILES string of the molecule is CO[C@H](c1ccccn1)c1cc2ccc1CCc1ccc(c(P(=S)(c3ccccc3)c3ccccc3)c1)CC2. The normalized spacial score (nSPS) is 14.0. The van der Waals surface area contributed by atoms with Crippen LogP contribution < -0.4 is 15.9 Å². The Morgan fingerprint density at radius 3 is 1.87 bits per heavy atom. The maximum absolute atomic E-state index is 6.76. The van der Waals surface area contributed by atoms with Crippen molar-refractivity contribution in [2.24, 2.45) is 0 Å². The zero-order valence-corrected chi connectivity index (χ0v) is 23.9. The van der Waals surface area contributed by atoms with Gasteiger partial charge in [-0.3, -0.25) is 4.98 Å². The van der Waals surface area contributed by atoms with Gasteiger partial charge in [-0.2, -0.15) is 0 Å². The number of benzene rings is 4. The fraction of sp³-hybridized carbons (Fsp3) is 0.171. The first-order valence-corrected chi connectivity index (χ1v) is 16.4. The van der Waals surface area contributed by atoms with Gasteiger partial charge in [-0.1, -0.05) is 109 Å². The third-order valence-corrected chi connectivity index (χ3v) is 12.8. The molecule has 1 heterocycles. The van der Waals surface area contributed by atoms with Crippen LogP contribution in [0.5, 0.6) is 0 Å². The van der Waals surface area contributed by atoms with Gasteiger partial charge in [0.1, 0.15) is 6.10 Å². The molecule has 0 N–H and O–H groups in total. The number of aryl methyl sites for hydroxylation is 4. The topological polar surface area (TPSA) is 22.1 Å². The second kappa shape index (κ2) is 11.4. The minimum Gasteiger partial charge on any atom is -0.370 e. The summed E-state index contributed by atoms with van der Waals surface area (Å²) in [5, 5.41) is 3.84. The highest BCUT2D eigenvalue weighted by Gasteiger charge is 2.28. The van der Waals surface area contributed by atoms with E-state index >= 15 is 0 Å². The van der Waals surface area contributed by atoms with Crippen LogP contribution in [-0.2, 0) is 42.2 Å². The average molecular weight is 546 g/mol. The van der Waals surface area contributed by atoms with Gasteiger partial charge in [-0.25, -0.2) is 0 Å². The molecule has 0 spiro atoms. The monoisotopic (exact) mass is 545 g/mol. The minimum absolute atomic E-state index is 0.178. The number of methoxy groups -OCH3 is 1. The lowest BCUT2D eigenvalue weighted by molar-refractivity contribution is 0.132. The van der Waals surface area contributed by atoms with E-state index in [2.05, 4.69) is 108 Å². The van der Waals surface area contributed by atoms with Crippen LogP contribution in [-0.4, -0.2) is 12.1 Å². The van der Waals surface area contributed by atoms with Crippen LogP contribution in [0, 0.1) is 0 Å². The quantitative estimate of drug-likeness (QED) is 0.229. The van der Waals surface area contributed by atoms with Gasteiger partial charge in [0.05, 0.1) is 5.69 Å². The van der Waals surface area contributed by atoms with Crippen LogP contribution in [0.1, 0.15) is 39.6 Å². The summed E-state index contributed by atoms with van der Waals surface area (Å²) in [5.41, 5.74) is 7.49. The highest BCUT2D eigenvalue weighted by Crippen LogP contribution is 2.44. The van der Waals surface area contributed by atoms with Crippen LogP contribution in [0.15, 0.2) is 121 Å². The first kappa shape index (κ1) is 25.9. The Morgan fingerprint density at radius 2 is 1.26 bits per heavy atom. The fourth-order valence-electron chi connectivity index (χ4n) is 5.74. The number of aromatic nitrogens is 1. The van der Waals surface area contributed by atoms with Crippen LogP contribution in [0.25, 0.3) is 0 Å². The van der Waals surface area contributed by atoms with Gasteiger partial charge < -0.3 is 4.74 Å². The van der Waals surface area contributed by atoms with Crippen molar-refractivity contribution in [1.82, 2.24) is 4.98 Å². The van der Waals surface area contributed by atoms with E-state index < -0.39 is 6.04 Å². The van der Waals surface area contributed by atoms with Gasteiger partial charge in [0.2, 0.25) is 0 Å². The van der Waals surface area contributed by atoms with Gasteiger partial charge in [0.15, 0.2) is 0 Å². The molecule has 1 aromatic heterocycles. The molecule has 4 heteroatoms. The Bertz CT molecular complexity index is 1580. The molecule has 0 fully saturated rings. The van der Waals surface area contributed by atoms with E-state index in [-0.39, 0.29) is 6.10 Å². The predicted octanol–water partition coefficient (Wildman–Crippen LogP) is 6.46. The Kier molecular flexibility index (Phi) is 7.57. The number of hydrogen-bond donors (Lipinski definition) is 0. The van der Waals surface area contributed by atoms with Gasteiger partial charge in [0.25, 0.3) is 0 Å². The molecule has 4 aromatic carbocycles. The standard InChI is InChI=1S/C35H32NOPS/c1-37-35(33-14-8-9-23-36-33)32-24-26-15-19-28(32)20-16-27-18-22-29(21-17-26)34(25-27)38(39,30-10-4-2-5-11-30)31-12-6-3-7-13-31/h2-15,18-19,22-25,35H,16-17,20-21H2,1H3/t35-/m0/s1. The molecule has 0 saturated heterocycles. The summed E-state index contributed by atoms with van der Waals surface area (Å²) >= 11 is 6.76. The third-order valence-electron chi connectivity index (χ3n) is 7.78. The molecule has 9 rings (SSSR count). The molecule has 4 bridgehead atoms. The lowest BCUT2D eigenvalue weighted by Crippen LogP contribution is -2.28. The van der Waals surface area contributed by atoms with Gasteiger partial charge in [0, 0.05) is 19.3 Å². The van der Waals surface area contributed by atoms with E-state index in [4.69, 9.17) is 16.5 Å². The average Bonchev–Trinajstić information content (AvgIpc) is 3.00. The Balaban J connectivity index is 1.45. The zero-order valence-electron chi connectivity index (χ0n) is 22.2. The summed E-state index contributed by atoms with van der Waals surface area (Å²) in [5.74, 6) is 0. The summed E-state index contributed by atoms with van der Waals surface area (Å²) in [6.45, 7) is 0. The van der Waals surface area contributed by atoms with Crippen LogP contribution >= 0.6 is 6.04 Å². The van der Waals surface area contributed by atoms with Gasteiger partial charge in [-0.05, 0) is 87.6 Å². The minimum atomic E-state index is -2.23. The number of rotatable bonds is 6. The van der Waals surface area contributed by atoms with Crippen LogP contribution in [0.3, 0.4) is 0 Å². The first-order valence-electron chi connectivity index (χ1n) is 13.6. The van der Waals surface area contributed by atoms with Crippen molar-refractivity contribution >= 4 is 33.8 Å². The first-order chi connectivity index (χ1) is 19.2. The van der Waals surface area contributed by atoms with Gasteiger partial charge >= 0.3 is 0 Å². The van der Waals surface area contributed by atoms with E-state index in [0.29, 0.717) is 0 Å². The lowest BCUT2D eigenvalue weighted by Gasteiger charge is -2.28. The molecule has 0 radical (unpaired) electrons. The molecular weight excluding hydrogens is 513 g/mol.